The van der Waals surface area contributed by atoms with E-state index < -0.39 is 6.04 Å². The number of hydrogen-bond donors (Lipinski definition) is 3. The van der Waals surface area contributed by atoms with Crippen LogP contribution in [-0.4, -0.2) is 47.8 Å². The van der Waals surface area contributed by atoms with Crippen LogP contribution in [0.25, 0.3) is 0 Å². The summed E-state index contributed by atoms with van der Waals surface area (Å²) in [7, 11) is 0. The van der Waals surface area contributed by atoms with Crippen LogP contribution in [0.5, 0.6) is 0 Å². The Morgan fingerprint density at radius 1 is 1.13 bits per heavy atom. The van der Waals surface area contributed by atoms with Gasteiger partial charge in [0, 0.05) is 37.7 Å². The third-order valence-electron chi connectivity index (χ3n) is 7.60. The van der Waals surface area contributed by atoms with Crippen molar-refractivity contribution in [2.24, 2.45) is 5.41 Å². The normalized spacial score (nSPS) is 30.5. The van der Waals surface area contributed by atoms with Gasteiger partial charge >= 0.3 is 0 Å². The summed E-state index contributed by atoms with van der Waals surface area (Å²) in [5.41, 5.74) is 3.14. The van der Waals surface area contributed by atoms with Crippen molar-refractivity contribution in [3.63, 3.8) is 0 Å². The number of nitrogens with zero attached hydrogens (tertiary/aromatic N) is 1. The van der Waals surface area contributed by atoms with Gasteiger partial charge in [-0.15, -0.1) is 0 Å². The summed E-state index contributed by atoms with van der Waals surface area (Å²) >= 11 is 0. The molecule has 0 radical (unpaired) electrons. The van der Waals surface area contributed by atoms with Gasteiger partial charge in [0.2, 0.25) is 11.8 Å². The highest BCUT2D eigenvalue weighted by Gasteiger charge is 2.41. The summed E-state index contributed by atoms with van der Waals surface area (Å²) in [6.07, 6.45) is 7.10. The number of fused-ring (bicyclic) bond motifs is 4. The van der Waals surface area contributed by atoms with Crippen molar-refractivity contribution in [1.29, 1.82) is 0 Å². The first-order valence-electron chi connectivity index (χ1n) is 11.2. The third-order valence-corrected chi connectivity index (χ3v) is 7.60. The Morgan fingerprint density at radius 3 is 2.70 bits per heavy atom. The van der Waals surface area contributed by atoms with Crippen molar-refractivity contribution in [2.45, 2.75) is 70.1 Å². The van der Waals surface area contributed by atoms with E-state index in [0.717, 1.165) is 42.2 Å². The molecule has 1 unspecified atom stereocenters. The lowest BCUT2D eigenvalue weighted by atomic mass is 9.67. The minimum atomic E-state index is -0.559. The molecule has 3 N–H and O–H groups in total. The quantitative estimate of drug-likeness (QED) is 0.488. The third kappa shape index (κ3) is 3.54. The predicted molar refractivity (Wildman–Crippen MR) is 112 cm³/mol. The molecular weight excluding hydrogens is 380 g/mol. The minimum Gasteiger partial charge on any atom is -0.322 e. The summed E-state index contributed by atoms with van der Waals surface area (Å²) in [5, 5.41) is 9.59. The van der Waals surface area contributed by atoms with Gasteiger partial charge in [-0.05, 0) is 61.6 Å². The maximum absolute atomic E-state index is 13.2. The van der Waals surface area contributed by atoms with Crippen LogP contribution in [0.3, 0.4) is 0 Å². The topological polar surface area (TPSA) is 90.5 Å². The molecule has 3 saturated heterocycles. The highest BCUT2D eigenvalue weighted by Crippen LogP contribution is 2.42. The van der Waals surface area contributed by atoms with Gasteiger partial charge in [-0.1, -0.05) is 18.2 Å². The summed E-state index contributed by atoms with van der Waals surface area (Å²) in [6.45, 7) is 3.18. The summed E-state index contributed by atoms with van der Waals surface area (Å²) < 4.78 is 0. The largest absolute Gasteiger partial charge is 0.322 e. The lowest BCUT2D eigenvalue weighted by molar-refractivity contribution is -0.136. The van der Waals surface area contributed by atoms with E-state index in [1.54, 1.807) is 4.90 Å². The van der Waals surface area contributed by atoms with E-state index in [1.807, 2.05) is 18.2 Å². The monoisotopic (exact) mass is 410 g/mol. The van der Waals surface area contributed by atoms with Crippen molar-refractivity contribution in [2.75, 3.05) is 13.1 Å². The summed E-state index contributed by atoms with van der Waals surface area (Å²) in [4.78, 5) is 38.5. The van der Waals surface area contributed by atoms with Gasteiger partial charge in [0.05, 0.1) is 0 Å². The number of carbonyl (C=O) groups is 3. The first kappa shape index (κ1) is 19.7. The number of carbonyl (C=O) groups excluding carboxylic acids is 3. The molecule has 3 amide bonds. The fourth-order valence-electron chi connectivity index (χ4n) is 5.72. The average molecular weight is 411 g/mol. The van der Waals surface area contributed by atoms with Crippen LogP contribution in [0.15, 0.2) is 18.2 Å². The van der Waals surface area contributed by atoms with Crippen molar-refractivity contribution >= 4 is 17.7 Å². The van der Waals surface area contributed by atoms with E-state index in [0.29, 0.717) is 24.9 Å². The second-order valence-corrected chi connectivity index (χ2v) is 9.43. The maximum atomic E-state index is 13.2. The van der Waals surface area contributed by atoms with Crippen LogP contribution < -0.4 is 16.0 Å². The molecule has 30 heavy (non-hydrogen) atoms. The standard InChI is InChI=1S/C23H30N4O3/c28-19-5-4-18(21(29)26-19)27-13-16-3-1-2-15(20(16)22(27)30)12-24-11-10-23-8-6-17(7-9-23)25-14-23/h1-3,17-18,24-25H,4-14H2,(H,26,28,29). The van der Waals surface area contributed by atoms with Crippen LogP contribution in [0.2, 0.25) is 0 Å². The van der Waals surface area contributed by atoms with Crippen molar-refractivity contribution in [3.8, 4) is 0 Å². The Labute approximate surface area is 177 Å². The van der Waals surface area contributed by atoms with Crippen molar-refractivity contribution < 1.29 is 14.4 Å². The highest BCUT2D eigenvalue weighted by atomic mass is 16.2. The molecule has 4 aliphatic heterocycles. The Hall–Kier alpha value is -2.25. The van der Waals surface area contributed by atoms with Crippen LogP contribution >= 0.6 is 0 Å². The Kier molecular flexibility index (Phi) is 5.11. The number of amides is 3. The molecule has 7 heteroatoms. The average Bonchev–Trinajstić information content (AvgIpc) is 3.10. The van der Waals surface area contributed by atoms with Crippen LogP contribution in [0, 0.1) is 5.41 Å². The van der Waals surface area contributed by atoms with Gasteiger partial charge in [-0.3, -0.25) is 19.7 Å². The summed E-state index contributed by atoms with van der Waals surface area (Å²) in [6, 6.07) is 6.14. The predicted octanol–water partition coefficient (Wildman–Crippen LogP) is 1.46. The molecule has 6 rings (SSSR count). The van der Waals surface area contributed by atoms with Gasteiger partial charge < -0.3 is 15.5 Å². The Balaban J connectivity index is 1.21. The summed E-state index contributed by atoms with van der Waals surface area (Å²) in [5.74, 6) is -0.709. The van der Waals surface area contributed by atoms with Gasteiger partial charge in [-0.25, -0.2) is 0 Å². The molecule has 4 heterocycles. The fraction of sp³-hybridized carbons (Fsp3) is 0.609. The highest BCUT2D eigenvalue weighted by molar-refractivity contribution is 6.05. The van der Waals surface area contributed by atoms with Crippen LogP contribution in [0.4, 0.5) is 0 Å². The van der Waals surface area contributed by atoms with Gasteiger partial charge in [0.25, 0.3) is 5.91 Å². The number of nitrogens with one attached hydrogen (secondary N) is 3. The molecule has 1 atom stereocenters. The van der Waals surface area contributed by atoms with Gasteiger partial charge in [0.15, 0.2) is 0 Å². The lowest BCUT2D eigenvalue weighted by Crippen LogP contribution is -2.52. The molecule has 1 aliphatic carbocycles. The fourth-order valence-corrected chi connectivity index (χ4v) is 5.72. The van der Waals surface area contributed by atoms with Crippen LogP contribution in [-0.2, 0) is 22.7 Å². The molecule has 0 aromatic heterocycles. The zero-order valence-corrected chi connectivity index (χ0v) is 17.3. The SMILES string of the molecule is O=C1CCC(N2Cc3cccc(CNCCC45CCC(CC4)NC5)c3C2=O)C(=O)N1. The number of imide groups is 1. The number of benzene rings is 1. The van der Waals surface area contributed by atoms with Gasteiger partial charge in [0.1, 0.15) is 6.04 Å². The second-order valence-electron chi connectivity index (χ2n) is 9.43. The molecule has 1 aromatic carbocycles. The zero-order valence-electron chi connectivity index (χ0n) is 17.3. The minimum absolute atomic E-state index is 0.0923. The molecule has 1 aromatic rings. The van der Waals surface area contributed by atoms with E-state index in [-0.39, 0.29) is 24.1 Å². The first-order chi connectivity index (χ1) is 14.5. The molecule has 5 aliphatic rings. The van der Waals surface area contributed by atoms with Gasteiger partial charge in [-0.2, -0.15) is 0 Å². The van der Waals surface area contributed by atoms with Crippen molar-refractivity contribution in [1.82, 2.24) is 20.9 Å². The molecule has 1 saturated carbocycles. The first-order valence-corrected chi connectivity index (χ1v) is 11.2. The van der Waals surface area contributed by atoms with E-state index >= 15 is 0 Å². The van der Waals surface area contributed by atoms with E-state index in [1.165, 1.54) is 25.7 Å². The van der Waals surface area contributed by atoms with E-state index in [9.17, 15) is 14.4 Å². The number of hydrogen-bond acceptors (Lipinski definition) is 5. The Morgan fingerprint density at radius 2 is 1.97 bits per heavy atom. The molecule has 0 spiro atoms. The molecule has 7 nitrogen and oxygen atoms in total. The number of piperidine rings is 3. The Bertz CT molecular complexity index is 861. The molecule has 4 fully saturated rings. The number of rotatable bonds is 6. The lowest BCUT2D eigenvalue weighted by Gasteiger charge is -2.47. The zero-order chi connectivity index (χ0) is 20.7. The molecular formula is C23H30N4O3. The van der Waals surface area contributed by atoms with Crippen LogP contribution in [0.1, 0.15) is 66.4 Å². The molecule has 2 bridgehead atoms. The maximum Gasteiger partial charge on any atom is 0.255 e. The second kappa shape index (κ2) is 7.78. The van der Waals surface area contributed by atoms with E-state index in [4.69, 9.17) is 0 Å². The smallest absolute Gasteiger partial charge is 0.255 e. The van der Waals surface area contributed by atoms with Crippen molar-refractivity contribution in [3.05, 3.63) is 34.9 Å². The van der Waals surface area contributed by atoms with E-state index in [2.05, 4.69) is 16.0 Å². The molecule has 160 valence electrons.